The number of carbonyl (C=O) groups excluding carboxylic acids is 2. The number of hydrogen-bond donors (Lipinski definition) is 1. The van der Waals surface area contributed by atoms with E-state index >= 15 is 0 Å². The molecular weight excluding hydrogens is 398 g/mol. The Balaban J connectivity index is 2.93. The van der Waals surface area contributed by atoms with E-state index in [0.717, 1.165) is 11.8 Å². The highest BCUT2D eigenvalue weighted by Crippen LogP contribution is 2.17. The molecule has 8 nitrogen and oxygen atoms in total. The number of nitrogens with one attached hydrogen (secondary N) is 1. The first-order chi connectivity index (χ1) is 13.4. The summed E-state index contributed by atoms with van der Waals surface area (Å²) in [6.45, 7) is 8.36. The zero-order valence-electron chi connectivity index (χ0n) is 17.2. The average molecular weight is 428 g/mol. The first kappa shape index (κ1) is 24.6. The highest BCUT2D eigenvalue weighted by Gasteiger charge is 2.34. The molecule has 0 saturated heterocycles. The number of ether oxygens (including phenoxy) is 2. The lowest BCUT2D eigenvalue weighted by Gasteiger charge is -2.28. The van der Waals surface area contributed by atoms with E-state index in [4.69, 9.17) is 13.7 Å². The van der Waals surface area contributed by atoms with E-state index in [1.165, 1.54) is 6.08 Å². The van der Waals surface area contributed by atoms with Gasteiger partial charge in [0.15, 0.2) is 0 Å². The number of alkyl carbamates (subject to hydrolysis) is 1. The maximum Gasteiger partial charge on any atom is 0.408 e. The van der Waals surface area contributed by atoms with Crippen molar-refractivity contribution in [2.24, 2.45) is 5.92 Å². The van der Waals surface area contributed by atoms with Gasteiger partial charge in [-0.15, -0.1) is 6.58 Å². The number of allylic oxidation sites excluding steroid dienone is 1. The van der Waals surface area contributed by atoms with Crippen LogP contribution >= 0.6 is 0 Å². The van der Waals surface area contributed by atoms with Gasteiger partial charge in [-0.2, -0.15) is 8.42 Å². The van der Waals surface area contributed by atoms with Crippen LogP contribution in [-0.2, 0) is 35.2 Å². The Labute approximate surface area is 172 Å². The second-order valence-corrected chi connectivity index (χ2v) is 9.13. The number of benzene rings is 1. The van der Waals surface area contributed by atoms with E-state index in [9.17, 15) is 18.0 Å². The van der Waals surface area contributed by atoms with Gasteiger partial charge in [0.1, 0.15) is 18.2 Å². The molecule has 1 N–H and O–H groups in total. The minimum Gasteiger partial charge on any atom is -0.458 e. The zero-order valence-corrected chi connectivity index (χ0v) is 18.0. The summed E-state index contributed by atoms with van der Waals surface area (Å²) >= 11 is 0. The molecule has 9 heteroatoms. The van der Waals surface area contributed by atoms with Gasteiger partial charge in [-0.25, -0.2) is 9.59 Å². The fraction of sp³-hybridized carbons (Fsp3) is 0.500. The Bertz CT molecular complexity index is 785. The number of carbonyl (C=O) groups is 2. The van der Waals surface area contributed by atoms with Crippen molar-refractivity contribution < 1.29 is 31.7 Å². The smallest absolute Gasteiger partial charge is 0.408 e. The highest BCUT2D eigenvalue weighted by molar-refractivity contribution is 7.85. The van der Waals surface area contributed by atoms with Gasteiger partial charge in [0.2, 0.25) is 0 Å². The van der Waals surface area contributed by atoms with Crippen LogP contribution in [-0.4, -0.2) is 45.0 Å². The zero-order chi connectivity index (χ0) is 22.1. The summed E-state index contributed by atoms with van der Waals surface area (Å²) in [5, 5.41) is 2.47. The summed E-state index contributed by atoms with van der Waals surface area (Å²) < 4.78 is 38.1. The number of amides is 1. The fourth-order valence-electron chi connectivity index (χ4n) is 2.35. The molecule has 0 aliphatic carbocycles. The molecule has 0 radical (unpaired) electrons. The second kappa shape index (κ2) is 11.0. The Morgan fingerprint density at radius 1 is 1.21 bits per heavy atom. The highest BCUT2D eigenvalue weighted by atomic mass is 32.2. The minimum absolute atomic E-state index is 0.0136. The molecule has 0 aliphatic rings. The van der Waals surface area contributed by atoms with E-state index in [1.54, 1.807) is 32.9 Å². The molecule has 0 aliphatic heterocycles. The van der Waals surface area contributed by atoms with Gasteiger partial charge in [-0.1, -0.05) is 36.4 Å². The van der Waals surface area contributed by atoms with Crippen LogP contribution in [0.3, 0.4) is 0 Å². The summed E-state index contributed by atoms with van der Waals surface area (Å²) in [5.41, 5.74) is -0.0269. The molecule has 1 rings (SSSR count). The predicted molar refractivity (Wildman–Crippen MR) is 108 cm³/mol. The SMILES string of the molecule is C=CC[C@H](COS(C)(=O)=O)[C@H](NC(=O)OCc1ccccc1)C(=O)OC(C)(C)C. The van der Waals surface area contributed by atoms with Crippen molar-refractivity contribution in [2.75, 3.05) is 12.9 Å². The summed E-state index contributed by atoms with van der Waals surface area (Å²) in [4.78, 5) is 25.0. The Morgan fingerprint density at radius 2 is 1.83 bits per heavy atom. The van der Waals surface area contributed by atoms with Gasteiger partial charge in [-0.05, 0) is 32.8 Å². The minimum atomic E-state index is -3.74. The molecule has 0 bridgehead atoms. The van der Waals surface area contributed by atoms with E-state index in [2.05, 4.69) is 11.9 Å². The maximum absolute atomic E-state index is 12.7. The van der Waals surface area contributed by atoms with Crippen molar-refractivity contribution in [3.63, 3.8) is 0 Å². The Hall–Kier alpha value is -2.39. The van der Waals surface area contributed by atoms with Crippen molar-refractivity contribution in [3.05, 3.63) is 48.6 Å². The summed E-state index contributed by atoms with van der Waals surface area (Å²) in [7, 11) is -3.74. The quantitative estimate of drug-likeness (QED) is 0.347. The lowest BCUT2D eigenvalue weighted by molar-refractivity contribution is -0.159. The van der Waals surface area contributed by atoms with Crippen LogP contribution in [0.2, 0.25) is 0 Å². The fourth-order valence-corrected chi connectivity index (χ4v) is 2.77. The Morgan fingerprint density at radius 3 is 2.34 bits per heavy atom. The number of esters is 1. The van der Waals surface area contributed by atoms with E-state index in [0.29, 0.717) is 0 Å². The monoisotopic (exact) mass is 427 g/mol. The standard InChI is InChI=1S/C20H29NO7S/c1-6-10-16(14-27-29(5,24)25)17(18(22)28-20(2,3)4)21-19(23)26-13-15-11-8-7-9-12-15/h6-9,11-12,16-17H,1,10,13-14H2,2-5H3,(H,21,23)/t16-,17+/m1/s1. The third-order valence-electron chi connectivity index (χ3n) is 3.58. The third-order valence-corrected chi connectivity index (χ3v) is 4.15. The van der Waals surface area contributed by atoms with E-state index in [-0.39, 0.29) is 19.6 Å². The third kappa shape index (κ3) is 10.7. The lowest BCUT2D eigenvalue weighted by atomic mass is 9.96. The van der Waals surface area contributed by atoms with Gasteiger partial charge < -0.3 is 14.8 Å². The van der Waals surface area contributed by atoms with Crippen LogP contribution in [0, 0.1) is 5.92 Å². The van der Waals surface area contributed by atoms with Gasteiger partial charge in [-0.3, -0.25) is 4.18 Å². The largest absolute Gasteiger partial charge is 0.458 e. The van der Waals surface area contributed by atoms with E-state index in [1.807, 2.05) is 18.2 Å². The van der Waals surface area contributed by atoms with Crippen LogP contribution in [0.5, 0.6) is 0 Å². The molecule has 1 amide bonds. The molecule has 0 heterocycles. The number of rotatable bonds is 10. The van der Waals surface area contributed by atoms with Gasteiger partial charge in [0.05, 0.1) is 12.9 Å². The first-order valence-electron chi connectivity index (χ1n) is 9.06. The second-order valence-electron chi connectivity index (χ2n) is 7.49. The topological polar surface area (TPSA) is 108 Å². The van der Waals surface area contributed by atoms with Crippen molar-refractivity contribution >= 4 is 22.2 Å². The van der Waals surface area contributed by atoms with Crippen LogP contribution in [0.25, 0.3) is 0 Å². The van der Waals surface area contributed by atoms with Crippen LogP contribution in [0.15, 0.2) is 43.0 Å². The molecule has 29 heavy (non-hydrogen) atoms. The molecule has 162 valence electrons. The number of hydrogen-bond acceptors (Lipinski definition) is 7. The molecule has 1 aromatic carbocycles. The van der Waals surface area contributed by atoms with Crippen molar-refractivity contribution in [2.45, 2.75) is 45.4 Å². The molecule has 0 unspecified atom stereocenters. The maximum atomic E-state index is 12.7. The van der Waals surface area contributed by atoms with Gasteiger partial charge in [0, 0.05) is 5.92 Å². The van der Waals surface area contributed by atoms with Crippen molar-refractivity contribution in [1.82, 2.24) is 5.32 Å². The molecule has 0 fully saturated rings. The summed E-state index contributed by atoms with van der Waals surface area (Å²) in [6.07, 6.45) is 1.78. The normalized spacial score (nSPS) is 13.8. The molecule has 0 aromatic heterocycles. The van der Waals surface area contributed by atoms with Crippen LogP contribution < -0.4 is 5.32 Å². The molecule has 2 atom stereocenters. The van der Waals surface area contributed by atoms with Crippen LogP contribution in [0.1, 0.15) is 32.8 Å². The molecule has 1 aromatic rings. The average Bonchev–Trinajstić information content (AvgIpc) is 2.60. The molecule has 0 saturated carbocycles. The molecular formula is C20H29NO7S. The summed E-state index contributed by atoms with van der Waals surface area (Å²) in [5.74, 6) is -1.44. The van der Waals surface area contributed by atoms with E-state index < -0.39 is 39.7 Å². The lowest BCUT2D eigenvalue weighted by Crippen LogP contribution is -2.50. The first-order valence-corrected chi connectivity index (χ1v) is 10.9. The summed E-state index contributed by atoms with van der Waals surface area (Å²) in [6, 6.07) is 7.85. The Kier molecular flexibility index (Phi) is 9.32. The van der Waals surface area contributed by atoms with Crippen molar-refractivity contribution in [1.29, 1.82) is 0 Å². The predicted octanol–water partition coefficient (Wildman–Crippen LogP) is 2.79. The van der Waals surface area contributed by atoms with Gasteiger partial charge in [0.25, 0.3) is 10.1 Å². The van der Waals surface area contributed by atoms with Crippen molar-refractivity contribution in [3.8, 4) is 0 Å². The van der Waals surface area contributed by atoms with Gasteiger partial charge >= 0.3 is 12.1 Å². The van der Waals surface area contributed by atoms with Crippen LogP contribution in [0.4, 0.5) is 4.79 Å². The molecule has 0 spiro atoms.